The molecule has 230 valence electrons. The van der Waals surface area contributed by atoms with E-state index in [1.807, 2.05) is 13.8 Å². The number of aryl methyl sites for hydroxylation is 4. The van der Waals surface area contributed by atoms with Crippen LogP contribution in [0.15, 0.2) is 127 Å². The zero-order valence-corrected chi connectivity index (χ0v) is 27.4. The van der Waals surface area contributed by atoms with E-state index in [2.05, 4.69) is 155 Å². The summed E-state index contributed by atoms with van der Waals surface area (Å²) in [5, 5.41) is 4.97. The van der Waals surface area contributed by atoms with Gasteiger partial charge in [-0.05, 0) is 76.2 Å². The van der Waals surface area contributed by atoms with Crippen LogP contribution >= 0.6 is 0 Å². The maximum absolute atomic E-state index is 4.76. The summed E-state index contributed by atoms with van der Waals surface area (Å²) < 4.78 is 4.83. The maximum Gasteiger partial charge on any atom is 0.163 e. The summed E-state index contributed by atoms with van der Waals surface area (Å²) in [5.74, 6) is 2.10. The van der Waals surface area contributed by atoms with Gasteiger partial charge in [-0.15, -0.1) is 0 Å². The Morgan fingerprint density at radius 3 is 1.52 bits per heavy atom. The highest BCUT2D eigenvalue weighted by Gasteiger charge is 2.21. The van der Waals surface area contributed by atoms with Crippen molar-refractivity contribution in [3.05, 3.63) is 150 Å². The number of rotatable bonds is 4. The first kappa shape index (κ1) is 28.2. The fourth-order valence-corrected chi connectivity index (χ4v) is 7.42. The minimum absolute atomic E-state index is 0.676. The maximum atomic E-state index is 4.76. The van der Waals surface area contributed by atoms with Crippen molar-refractivity contribution in [3.63, 3.8) is 0 Å². The Kier molecular flexibility index (Phi) is 6.31. The van der Waals surface area contributed by atoms with Crippen molar-refractivity contribution >= 4 is 43.6 Å². The summed E-state index contributed by atoms with van der Waals surface area (Å²) in [7, 11) is 0. The Hall–Kier alpha value is -6.07. The quantitative estimate of drug-likeness (QED) is 0.197. The zero-order chi connectivity index (χ0) is 32.5. The number of benzene rings is 6. The van der Waals surface area contributed by atoms with Gasteiger partial charge in [0.15, 0.2) is 5.82 Å². The summed E-state index contributed by atoms with van der Waals surface area (Å²) >= 11 is 0. The Morgan fingerprint density at radius 2 is 0.896 bits per heavy atom. The number of nitrogens with zero attached hydrogens (tertiary/aromatic N) is 5. The molecule has 6 aromatic carbocycles. The fourth-order valence-electron chi connectivity index (χ4n) is 7.42. The Morgan fingerprint density at radius 1 is 0.396 bits per heavy atom. The number of hydrogen-bond donors (Lipinski definition) is 0. The molecule has 0 fully saturated rings. The van der Waals surface area contributed by atoms with Crippen LogP contribution in [0.2, 0.25) is 0 Å². The minimum atomic E-state index is 0.676. The van der Waals surface area contributed by atoms with Crippen LogP contribution in [0.4, 0.5) is 0 Å². The first-order valence-electron chi connectivity index (χ1n) is 16.4. The van der Waals surface area contributed by atoms with E-state index in [-0.39, 0.29) is 0 Å². The number of fused-ring (bicyclic) bond motifs is 6. The van der Waals surface area contributed by atoms with Crippen molar-refractivity contribution < 1.29 is 0 Å². The molecule has 0 atom stereocenters. The van der Waals surface area contributed by atoms with Gasteiger partial charge in [-0.1, -0.05) is 90.0 Å². The van der Waals surface area contributed by atoms with Gasteiger partial charge in [0.05, 0.1) is 33.4 Å². The fraction of sp³-hybridized carbons (Fsp3) is 0.0930. The topological polar surface area (TPSA) is 48.5 Å². The van der Waals surface area contributed by atoms with Crippen molar-refractivity contribution in [1.29, 1.82) is 0 Å². The van der Waals surface area contributed by atoms with Gasteiger partial charge in [-0.25, -0.2) is 15.0 Å². The lowest BCUT2D eigenvalue weighted by molar-refractivity contribution is 0.928. The first-order chi connectivity index (χ1) is 23.4. The highest BCUT2D eigenvalue weighted by atomic mass is 15.0. The van der Waals surface area contributed by atoms with Crippen LogP contribution < -0.4 is 0 Å². The smallest absolute Gasteiger partial charge is 0.163 e. The molecule has 0 aliphatic heterocycles. The molecule has 5 heteroatoms. The predicted octanol–water partition coefficient (Wildman–Crippen LogP) is 10.6. The number of aromatic nitrogens is 5. The van der Waals surface area contributed by atoms with E-state index in [0.717, 1.165) is 39.1 Å². The summed E-state index contributed by atoms with van der Waals surface area (Å²) in [6.07, 6.45) is 0. The van der Waals surface area contributed by atoms with Crippen LogP contribution in [0.3, 0.4) is 0 Å². The molecule has 0 saturated carbocycles. The largest absolute Gasteiger partial charge is 0.309 e. The summed E-state index contributed by atoms with van der Waals surface area (Å²) in [4.78, 5) is 14.0. The molecule has 9 aromatic rings. The van der Waals surface area contributed by atoms with Gasteiger partial charge < -0.3 is 9.13 Å². The van der Waals surface area contributed by atoms with E-state index < -0.39 is 0 Å². The number of para-hydroxylation sites is 3. The molecular formula is C43H33N5. The predicted molar refractivity (Wildman–Crippen MR) is 198 cm³/mol. The van der Waals surface area contributed by atoms with Gasteiger partial charge in [0.1, 0.15) is 11.6 Å². The Balaban J connectivity index is 1.40. The summed E-state index contributed by atoms with van der Waals surface area (Å²) in [5.41, 5.74) is 12.6. The van der Waals surface area contributed by atoms with E-state index in [1.165, 1.54) is 43.7 Å². The summed E-state index contributed by atoms with van der Waals surface area (Å²) in [6.45, 7) is 8.17. The second-order valence-electron chi connectivity index (χ2n) is 12.7. The lowest BCUT2D eigenvalue weighted by atomic mass is 9.98. The zero-order valence-electron chi connectivity index (χ0n) is 27.4. The molecule has 0 bridgehead atoms. The van der Waals surface area contributed by atoms with E-state index in [4.69, 9.17) is 9.97 Å². The molecule has 0 amide bonds. The molecule has 3 aromatic heterocycles. The molecular weight excluding hydrogens is 587 g/mol. The standard InChI is InChI=1S/C43H33N5/c1-26-17-21-40-35(23-26)32-12-6-9-15-38(32)47(40)37-14-8-5-11-31(37)34-20-19-30(43-45-28(3)44-29(4)46-43)25-42(34)48-39-16-10-7-13-33(39)36-24-27(2)18-22-41(36)48/h5-25H,1-4H3. The van der Waals surface area contributed by atoms with E-state index in [0.29, 0.717) is 17.5 Å². The molecule has 0 aliphatic rings. The molecule has 0 saturated heterocycles. The molecule has 48 heavy (non-hydrogen) atoms. The molecule has 9 rings (SSSR count). The highest BCUT2D eigenvalue weighted by molar-refractivity contribution is 6.11. The third-order valence-corrected chi connectivity index (χ3v) is 9.45. The lowest BCUT2D eigenvalue weighted by Crippen LogP contribution is -2.03. The first-order valence-corrected chi connectivity index (χ1v) is 16.4. The van der Waals surface area contributed by atoms with Gasteiger partial charge in [-0.2, -0.15) is 0 Å². The Labute approximate surface area is 278 Å². The lowest BCUT2D eigenvalue weighted by Gasteiger charge is -2.19. The van der Waals surface area contributed by atoms with Crippen molar-refractivity contribution in [2.24, 2.45) is 0 Å². The molecule has 0 aliphatic carbocycles. The third kappa shape index (κ3) is 4.35. The second-order valence-corrected chi connectivity index (χ2v) is 12.7. The highest BCUT2D eigenvalue weighted by Crippen LogP contribution is 2.42. The molecule has 0 radical (unpaired) electrons. The monoisotopic (exact) mass is 619 g/mol. The van der Waals surface area contributed by atoms with Crippen molar-refractivity contribution in [2.45, 2.75) is 27.7 Å². The minimum Gasteiger partial charge on any atom is -0.309 e. The molecule has 5 nitrogen and oxygen atoms in total. The second kappa shape index (κ2) is 10.7. The van der Waals surface area contributed by atoms with Gasteiger partial charge in [0.2, 0.25) is 0 Å². The molecule has 0 N–H and O–H groups in total. The number of hydrogen-bond acceptors (Lipinski definition) is 3. The summed E-state index contributed by atoms with van der Waals surface area (Å²) in [6, 6.07) is 46.3. The Bertz CT molecular complexity index is 2710. The van der Waals surface area contributed by atoms with Gasteiger partial charge in [-0.3, -0.25) is 0 Å². The van der Waals surface area contributed by atoms with Gasteiger partial charge in [0, 0.05) is 38.2 Å². The molecule has 0 spiro atoms. The van der Waals surface area contributed by atoms with Crippen molar-refractivity contribution in [3.8, 4) is 33.9 Å². The molecule has 0 unspecified atom stereocenters. The normalized spacial score (nSPS) is 11.8. The van der Waals surface area contributed by atoms with Crippen LogP contribution in [0, 0.1) is 27.7 Å². The van der Waals surface area contributed by atoms with E-state index >= 15 is 0 Å². The SMILES string of the molecule is Cc1ccc2c(c1)c1ccccc1n2-c1ccccc1-c1ccc(-c2nc(C)nc(C)n2)cc1-n1c2ccccc2c2cc(C)ccc21. The van der Waals surface area contributed by atoms with Crippen LogP contribution in [0.1, 0.15) is 22.8 Å². The van der Waals surface area contributed by atoms with Crippen molar-refractivity contribution in [1.82, 2.24) is 24.1 Å². The van der Waals surface area contributed by atoms with Crippen molar-refractivity contribution in [2.75, 3.05) is 0 Å². The van der Waals surface area contributed by atoms with E-state index in [9.17, 15) is 0 Å². The van der Waals surface area contributed by atoms with Gasteiger partial charge in [0.25, 0.3) is 0 Å². The van der Waals surface area contributed by atoms with E-state index in [1.54, 1.807) is 0 Å². The van der Waals surface area contributed by atoms with Gasteiger partial charge >= 0.3 is 0 Å². The third-order valence-electron chi connectivity index (χ3n) is 9.45. The van der Waals surface area contributed by atoms with Crippen LogP contribution in [0.25, 0.3) is 77.5 Å². The van der Waals surface area contributed by atoms with Crippen LogP contribution in [-0.4, -0.2) is 24.1 Å². The average Bonchev–Trinajstić information content (AvgIpc) is 3.59. The average molecular weight is 620 g/mol. The van der Waals surface area contributed by atoms with Crippen LogP contribution in [0.5, 0.6) is 0 Å². The van der Waals surface area contributed by atoms with Crippen LogP contribution in [-0.2, 0) is 0 Å². The molecule has 3 heterocycles.